The number of alkyl carbamates (subject to hydrolysis) is 1. The van der Waals surface area contributed by atoms with Crippen LogP contribution in [0.3, 0.4) is 0 Å². The highest BCUT2D eigenvalue weighted by atomic mass is 16.6. The summed E-state index contributed by atoms with van der Waals surface area (Å²) in [6.07, 6.45) is -4.91. The molecule has 1 amide bonds. The molecule has 2 aromatic carbocycles. The first-order valence-electron chi connectivity index (χ1n) is 19.4. The molecule has 2 saturated carbocycles. The normalized spacial score (nSPS) is 34.6. The lowest BCUT2D eigenvalue weighted by atomic mass is 9.40. The van der Waals surface area contributed by atoms with Gasteiger partial charge in [-0.15, -0.1) is 0 Å². The van der Waals surface area contributed by atoms with E-state index in [1.807, 2.05) is 51.1 Å². The molecule has 3 N–H and O–H groups in total. The molecule has 0 radical (unpaired) electrons. The summed E-state index contributed by atoms with van der Waals surface area (Å²) in [6, 6.07) is 16.6. The van der Waals surface area contributed by atoms with Gasteiger partial charge in [0.05, 0.1) is 29.8 Å². The molecule has 1 saturated heterocycles. The van der Waals surface area contributed by atoms with Crippen LogP contribution < -0.4 is 5.32 Å². The number of carbonyl (C=O) groups excluding carboxylic acids is 4. The Morgan fingerprint density at radius 1 is 1.00 bits per heavy atom. The Bertz CT molecular complexity index is 1870. The Balaban J connectivity index is 1.50. The maximum Gasteiger partial charge on any atom is 0.408 e. The first-order valence-corrected chi connectivity index (χ1v) is 19.4. The van der Waals surface area contributed by atoms with Crippen molar-refractivity contribution < 1.29 is 53.1 Å². The highest BCUT2D eigenvalue weighted by molar-refractivity contribution is 5.91. The van der Waals surface area contributed by atoms with Crippen molar-refractivity contribution in [2.75, 3.05) is 13.7 Å². The summed E-state index contributed by atoms with van der Waals surface area (Å²) in [6.45, 7) is 15.7. The van der Waals surface area contributed by atoms with Crippen molar-refractivity contribution >= 4 is 23.8 Å². The monoisotopic (exact) mass is 775 g/mol. The van der Waals surface area contributed by atoms with E-state index in [0.29, 0.717) is 28.7 Å². The molecule has 12 nitrogen and oxygen atoms in total. The SMILES string of the molecule is CO[C@H]1C[C@H]2OC[C@@]2(OC(C)=O)[C@H]2[C@H](c3ccccc3)[C@]3(O)CC(OC(=O)[C@H](O)[C@@H](NC(=O)OC(C)(C)C)c4ccccc4)C(C)=C([C@@H](C)C(=O)[C@]12C)C3(C)C. The van der Waals surface area contributed by atoms with E-state index in [1.54, 1.807) is 72.1 Å². The zero-order valence-electron chi connectivity index (χ0n) is 34.1. The number of methoxy groups -OCH3 is 1. The van der Waals surface area contributed by atoms with E-state index < -0.39 is 93.9 Å². The highest BCUT2D eigenvalue weighted by Crippen LogP contribution is 2.68. The van der Waals surface area contributed by atoms with Gasteiger partial charge in [-0.25, -0.2) is 9.59 Å². The first-order chi connectivity index (χ1) is 26.1. The van der Waals surface area contributed by atoms with Gasteiger partial charge in [0.1, 0.15) is 23.6 Å². The molecule has 2 aromatic rings. The van der Waals surface area contributed by atoms with Crippen molar-refractivity contribution in [3.63, 3.8) is 0 Å². The molecule has 11 atom stereocenters. The van der Waals surface area contributed by atoms with Crippen LogP contribution in [0.5, 0.6) is 0 Å². The third-order valence-corrected chi connectivity index (χ3v) is 13.1. The fourth-order valence-corrected chi connectivity index (χ4v) is 10.7. The Labute approximate surface area is 329 Å². The second kappa shape index (κ2) is 14.7. The van der Waals surface area contributed by atoms with E-state index in [9.17, 15) is 24.6 Å². The second-order valence-electron chi connectivity index (χ2n) is 17.8. The number of fused-ring (bicyclic) bond motifs is 5. The molecule has 304 valence electrons. The van der Waals surface area contributed by atoms with Crippen molar-refractivity contribution in [1.82, 2.24) is 5.32 Å². The van der Waals surface area contributed by atoms with Crippen LogP contribution in [0.2, 0.25) is 0 Å². The molecule has 3 fully saturated rings. The predicted molar refractivity (Wildman–Crippen MR) is 205 cm³/mol. The van der Waals surface area contributed by atoms with Crippen LogP contribution in [0.25, 0.3) is 0 Å². The minimum absolute atomic E-state index is 0.0211. The van der Waals surface area contributed by atoms with Gasteiger partial charge in [-0.3, -0.25) is 9.59 Å². The van der Waals surface area contributed by atoms with Gasteiger partial charge in [-0.1, -0.05) is 81.4 Å². The smallest absolute Gasteiger partial charge is 0.408 e. The summed E-state index contributed by atoms with van der Waals surface area (Å²) in [7, 11) is 1.56. The molecule has 1 aliphatic heterocycles. The van der Waals surface area contributed by atoms with Crippen LogP contribution in [0.4, 0.5) is 4.79 Å². The Morgan fingerprint density at radius 3 is 2.14 bits per heavy atom. The number of benzene rings is 2. The van der Waals surface area contributed by atoms with Crippen LogP contribution >= 0.6 is 0 Å². The summed E-state index contributed by atoms with van der Waals surface area (Å²) in [5.74, 6) is -4.27. The highest BCUT2D eigenvalue weighted by Gasteiger charge is 2.76. The predicted octanol–water partition coefficient (Wildman–Crippen LogP) is 5.75. The minimum Gasteiger partial charge on any atom is -0.456 e. The lowest BCUT2D eigenvalue weighted by Gasteiger charge is -2.69. The van der Waals surface area contributed by atoms with Crippen molar-refractivity contribution in [2.45, 2.75) is 128 Å². The lowest BCUT2D eigenvalue weighted by molar-refractivity contribution is -0.333. The number of hydrogen-bond acceptors (Lipinski definition) is 11. The maximum absolute atomic E-state index is 15.5. The van der Waals surface area contributed by atoms with Gasteiger partial charge in [0, 0.05) is 50.0 Å². The molecule has 6 rings (SSSR count). The molecular weight excluding hydrogens is 718 g/mol. The zero-order valence-corrected chi connectivity index (χ0v) is 34.1. The Morgan fingerprint density at radius 2 is 1.61 bits per heavy atom. The maximum atomic E-state index is 15.5. The van der Waals surface area contributed by atoms with E-state index in [0.717, 1.165) is 0 Å². The van der Waals surface area contributed by atoms with Gasteiger partial charge >= 0.3 is 18.0 Å². The van der Waals surface area contributed by atoms with Crippen LogP contribution in [-0.2, 0) is 38.1 Å². The van der Waals surface area contributed by atoms with E-state index in [1.165, 1.54) is 6.92 Å². The fourth-order valence-electron chi connectivity index (χ4n) is 10.7. The molecule has 1 heterocycles. The summed E-state index contributed by atoms with van der Waals surface area (Å²) in [5, 5.41) is 28.1. The number of carbonyl (C=O) groups is 4. The molecule has 2 bridgehead atoms. The molecule has 3 aliphatic carbocycles. The molecule has 56 heavy (non-hydrogen) atoms. The van der Waals surface area contributed by atoms with Gasteiger partial charge in [0.2, 0.25) is 0 Å². The topological polar surface area (TPSA) is 167 Å². The van der Waals surface area contributed by atoms with Gasteiger partial charge in [0.15, 0.2) is 11.7 Å². The average Bonchev–Trinajstić information content (AvgIpc) is 3.12. The Hall–Kier alpha value is -4.10. The summed E-state index contributed by atoms with van der Waals surface area (Å²) in [5.41, 5.74) is -3.94. The summed E-state index contributed by atoms with van der Waals surface area (Å²) >= 11 is 0. The molecule has 0 spiro atoms. The van der Waals surface area contributed by atoms with Gasteiger partial charge in [-0.2, -0.15) is 0 Å². The number of Topliss-reactive ketones (excluding diaryl/α,β-unsaturated/α-hetero) is 1. The Kier molecular flexibility index (Phi) is 10.9. The minimum atomic E-state index is -1.88. The molecule has 1 unspecified atom stereocenters. The number of nitrogens with one attached hydrogen (secondary N) is 1. The van der Waals surface area contributed by atoms with Gasteiger partial charge in [0.25, 0.3) is 0 Å². The van der Waals surface area contributed by atoms with Gasteiger partial charge < -0.3 is 39.2 Å². The van der Waals surface area contributed by atoms with Crippen LogP contribution in [0.1, 0.15) is 98.2 Å². The van der Waals surface area contributed by atoms with Crippen molar-refractivity contribution in [3.8, 4) is 0 Å². The molecule has 4 aliphatic rings. The van der Waals surface area contributed by atoms with Crippen molar-refractivity contribution in [1.29, 1.82) is 0 Å². The van der Waals surface area contributed by atoms with E-state index >= 15 is 4.79 Å². The van der Waals surface area contributed by atoms with Crippen molar-refractivity contribution in [3.05, 3.63) is 82.9 Å². The van der Waals surface area contributed by atoms with E-state index in [4.69, 9.17) is 23.7 Å². The van der Waals surface area contributed by atoms with Crippen LogP contribution in [-0.4, -0.2) is 89.0 Å². The van der Waals surface area contributed by atoms with Crippen molar-refractivity contribution in [2.24, 2.45) is 22.7 Å². The fraction of sp³-hybridized carbons (Fsp3) is 0.591. The zero-order chi connectivity index (χ0) is 41.2. The summed E-state index contributed by atoms with van der Waals surface area (Å²) in [4.78, 5) is 55.6. The number of amides is 1. The largest absolute Gasteiger partial charge is 0.456 e. The van der Waals surface area contributed by atoms with Gasteiger partial charge in [-0.05, 0) is 56.9 Å². The average molecular weight is 776 g/mol. The standard InChI is InChI=1S/C44H57NO11/c1-24-29(54-38(49)35(47)34(28-19-15-12-16-20-28)45-39(50)56-40(4,5)6)22-44(51)33(27-17-13-11-14-18-27)36-42(9,37(48)25(2)32(24)41(44,7)8)30(52-10)21-31-43(36,23-53-31)55-26(3)46/h11-20,25,29-31,33-36,47,51H,21-23H2,1-10H3,(H,45,50)/t25-,29?,30+,31-,33+,34+,35-,36+,42-,43+,44-/m1/s1. The quantitative estimate of drug-likeness (QED) is 0.170. The number of hydrogen-bond donors (Lipinski definition) is 3. The van der Waals surface area contributed by atoms with E-state index in [2.05, 4.69) is 5.32 Å². The third kappa shape index (κ3) is 6.66. The number of aliphatic hydroxyl groups is 2. The number of esters is 2. The second-order valence-corrected chi connectivity index (χ2v) is 17.8. The number of ketones is 1. The third-order valence-electron chi connectivity index (χ3n) is 13.1. The summed E-state index contributed by atoms with van der Waals surface area (Å²) < 4.78 is 30.2. The van der Waals surface area contributed by atoms with E-state index in [-0.39, 0.29) is 18.8 Å². The first kappa shape index (κ1) is 41.5. The van der Waals surface area contributed by atoms with Crippen LogP contribution in [0.15, 0.2) is 71.8 Å². The number of ether oxygens (including phenoxy) is 5. The molecule has 12 heteroatoms. The molecule has 0 aromatic heterocycles. The molecular formula is C44H57NO11. The van der Waals surface area contributed by atoms with Crippen LogP contribution in [0, 0.1) is 22.7 Å². The number of aliphatic hydroxyl groups excluding tert-OH is 1. The lowest BCUT2D eigenvalue weighted by Crippen LogP contribution is -2.79. The number of rotatable bonds is 8.